The lowest BCUT2D eigenvalue weighted by Crippen LogP contribution is -2.26. The van der Waals surface area contributed by atoms with Crippen LogP contribution in [0.1, 0.15) is 233 Å². The first kappa shape index (κ1) is 59.9. The maximum absolute atomic E-state index is 5.71. The molecule has 0 radical (unpaired) electrons. The van der Waals surface area contributed by atoms with Gasteiger partial charge >= 0.3 is 0 Å². The SMILES string of the molecule is C=C(CCCCCC/C=C/C=C/CCCCCC)OOCC(COOC(=C)CCCCCC/C=C/C=C/CCCCCC)OOC(=C)CCCCCC/C=C/C/C=C/CCCCC. The van der Waals surface area contributed by atoms with Crippen LogP contribution in [0.2, 0.25) is 0 Å². The lowest BCUT2D eigenvalue weighted by molar-refractivity contribution is -0.369. The Hall–Kier alpha value is -3.06. The van der Waals surface area contributed by atoms with Crippen molar-refractivity contribution in [1.82, 2.24) is 0 Å². The second kappa shape index (κ2) is 51.6. The molecule has 0 amide bonds. The van der Waals surface area contributed by atoms with E-state index in [2.05, 4.69) is 113 Å². The van der Waals surface area contributed by atoms with Crippen LogP contribution in [-0.2, 0) is 29.3 Å². The fraction of sp³-hybridized carbons (Fsp3) is 0.684. The molecule has 63 heavy (non-hydrogen) atoms. The Kier molecular flexibility index (Phi) is 49.1. The third-order valence-electron chi connectivity index (χ3n) is 10.7. The molecule has 0 N–H and O–H groups in total. The summed E-state index contributed by atoms with van der Waals surface area (Å²) < 4.78 is 0. The Morgan fingerprint density at radius 1 is 0.349 bits per heavy atom. The number of hydrogen-bond acceptors (Lipinski definition) is 6. The minimum atomic E-state index is -0.603. The first-order valence-corrected chi connectivity index (χ1v) is 25.9. The summed E-state index contributed by atoms with van der Waals surface area (Å²) >= 11 is 0. The van der Waals surface area contributed by atoms with E-state index >= 15 is 0 Å². The molecule has 0 atom stereocenters. The van der Waals surface area contributed by atoms with Crippen LogP contribution in [0.5, 0.6) is 0 Å². The van der Waals surface area contributed by atoms with E-state index in [1.54, 1.807) is 0 Å². The smallest absolute Gasteiger partial charge is 0.159 e. The van der Waals surface area contributed by atoms with Gasteiger partial charge in [-0.05, 0) is 103 Å². The lowest BCUT2D eigenvalue weighted by atomic mass is 10.1. The topological polar surface area (TPSA) is 55.4 Å². The zero-order valence-electron chi connectivity index (χ0n) is 41.3. The fourth-order valence-electron chi connectivity index (χ4n) is 6.66. The predicted molar refractivity (Wildman–Crippen MR) is 272 cm³/mol. The molecular formula is C57H98O6. The molecule has 0 unspecified atom stereocenters. The molecule has 0 aliphatic heterocycles. The molecule has 0 heterocycles. The Balaban J connectivity index is 4.45. The molecule has 6 nitrogen and oxygen atoms in total. The highest BCUT2D eigenvalue weighted by Crippen LogP contribution is 2.16. The zero-order valence-corrected chi connectivity index (χ0v) is 41.3. The van der Waals surface area contributed by atoms with Crippen LogP contribution in [0.15, 0.2) is 110 Å². The van der Waals surface area contributed by atoms with Crippen molar-refractivity contribution in [1.29, 1.82) is 0 Å². The second-order valence-electron chi connectivity index (χ2n) is 17.1. The summed E-state index contributed by atoms with van der Waals surface area (Å²) in [5, 5.41) is 0. The molecular weight excluding hydrogens is 781 g/mol. The van der Waals surface area contributed by atoms with Gasteiger partial charge in [0.2, 0.25) is 0 Å². The number of unbranched alkanes of at least 4 members (excludes halogenated alkanes) is 23. The molecule has 0 saturated carbocycles. The zero-order chi connectivity index (χ0) is 45.8. The third kappa shape index (κ3) is 49.8. The van der Waals surface area contributed by atoms with Gasteiger partial charge in [-0.1, -0.05) is 203 Å². The summed E-state index contributed by atoms with van der Waals surface area (Å²) in [6, 6.07) is 0. The molecule has 0 aliphatic rings. The van der Waals surface area contributed by atoms with Crippen LogP contribution < -0.4 is 0 Å². The molecule has 0 aromatic heterocycles. The maximum Gasteiger partial charge on any atom is 0.159 e. The Labute approximate surface area is 389 Å². The minimum Gasteiger partial charge on any atom is -0.343 e. The fourth-order valence-corrected chi connectivity index (χ4v) is 6.66. The van der Waals surface area contributed by atoms with Crippen LogP contribution in [0.4, 0.5) is 0 Å². The van der Waals surface area contributed by atoms with E-state index < -0.39 is 6.10 Å². The summed E-state index contributed by atoms with van der Waals surface area (Å²) in [5.74, 6) is 1.77. The molecule has 0 fully saturated rings. The summed E-state index contributed by atoms with van der Waals surface area (Å²) in [6.45, 7) is 19.1. The largest absolute Gasteiger partial charge is 0.343 e. The van der Waals surface area contributed by atoms with Gasteiger partial charge in [-0.2, -0.15) is 14.7 Å². The Morgan fingerprint density at radius 2 is 0.651 bits per heavy atom. The molecule has 6 heteroatoms. The van der Waals surface area contributed by atoms with E-state index in [4.69, 9.17) is 29.3 Å². The Bertz CT molecular complexity index is 1130. The maximum atomic E-state index is 5.71. The van der Waals surface area contributed by atoms with Crippen molar-refractivity contribution in [2.24, 2.45) is 0 Å². The first-order valence-electron chi connectivity index (χ1n) is 25.9. The number of allylic oxidation sites excluding steroid dienone is 15. The van der Waals surface area contributed by atoms with Gasteiger partial charge in [-0.3, -0.25) is 0 Å². The predicted octanol–water partition coefficient (Wildman–Crippen LogP) is 19.0. The van der Waals surface area contributed by atoms with Crippen molar-refractivity contribution in [3.63, 3.8) is 0 Å². The van der Waals surface area contributed by atoms with Gasteiger partial charge < -0.3 is 14.7 Å². The highest BCUT2D eigenvalue weighted by Gasteiger charge is 2.16. The van der Waals surface area contributed by atoms with Crippen molar-refractivity contribution < 1.29 is 29.3 Å². The van der Waals surface area contributed by atoms with Gasteiger partial charge in [0.25, 0.3) is 0 Å². The summed E-state index contributed by atoms with van der Waals surface area (Å²) in [6.07, 6.45) is 64.6. The van der Waals surface area contributed by atoms with Crippen LogP contribution in [-0.4, -0.2) is 19.3 Å². The quantitative estimate of drug-likeness (QED) is 0.0152. The molecule has 0 aromatic carbocycles. The van der Waals surface area contributed by atoms with Crippen LogP contribution >= 0.6 is 0 Å². The van der Waals surface area contributed by atoms with Gasteiger partial charge in [0.05, 0.1) is 0 Å². The molecule has 0 saturated heterocycles. The van der Waals surface area contributed by atoms with Gasteiger partial charge in [0, 0.05) is 19.3 Å². The van der Waals surface area contributed by atoms with Crippen molar-refractivity contribution in [3.05, 3.63) is 110 Å². The molecule has 0 spiro atoms. The van der Waals surface area contributed by atoms with Gasteiger partial charge in [-0.25, -0.2) is 0 Å². The minimum absolute atomic E-state index is 0.0764. The molecule has 362 valence electrons. The van der Waals surface area contributed by atoms with Gasteiger partial charge in [0.1, 0.15) is 30.5 Å². The summed E-state index contributed by atoms with van der Waals surface area (Å²) in [7, 11) is 0. The molecule has 0 aromatic rings. The number of rotatable bonds is 50. The van der Waals surface area contributed by atoms with Crippen molar-refractivity contribution in [2.45, 2.75) is 239 Å². The molecule has 0 bridgehead atoms. The van der Waals surface area contributed by atoms with Crippen molar-refractivity contribution >= 4 is 0 Å². The van der Waals surface area contributed by atoms with Crippen LogP contribution in [0.25, 0.3) is 0 Å². The van der Waals surface area contributed by atoms with E-state index in [1.807, 2.05) is 0 Å². The van der Waals surface area contributed by atoms with E-state index in [0.717, 1.165) is 83.5 Å². The van der Waals surface area contributed by atoms with Gasteiger partial charge in [-0.15, -0.1) is 0 Å². The van der Waals surface area contributed by atoms with Crippen LogP contribution in [0.3, 0.4) is 0 Å². The monoisotopic (exact) mass is 879 g/mol. The van der Waals surface area contributed by atoms with E-state index in [0.29, 0.717) is 17.3 Å². The van der Waals surface area contributed by atoms with Gasteiger partial charge in [0.15, 0.2) is 6.10 Å². The van der Waals surface area contributed by atoms with E-state index in [9.17, 15) is 0 Å². The third-order valence-corrected chi connectivity index (χ3v) is 10.7. The summed E-state index contributed by atoms with van der Waals surface area (Å²) in [4.78, 5) is 33.4. The normalized spacial score (nSPS) is 12.2. The molecule has 0 aliphatic carbocycles. The number of hydrogen-bond donors (Lipinski definition) is 0. The van der Waals surface area contributed by atoms with E-state index in [-0.39, 0.29) is 13.2 Å². The second-order valence-corrected chi connectivity index (χ2v) is 17.1. The standard InChI is InChI=1S/C57H98O6/c1-7-10-13-16-19-22-25-28-31-34-37-40-43-46-49-54(4)60-58-52-57(63-62-56(6)51-48-45-42-39-36-33-30-27-24-21-18-15-12-9-3)53-59-61-55(5)50-47-44-41-38-35-32-29-26-23-20-17-14-11-8-2/h21-26,28-33,57H,4-20,27,34-53H2,1-3H3/b24-21+,25-22+,26-23+,31-28+,32-29+,33-30+. The van der Waals surface area contributed by atoms with Crippen LogP contribution in [0, 0.1) is 0 Å². The highest BCUT2D eigenvalue weighted by atomic mass is 17.2. The van der Waals surface area contributed by atoms with Crippen molar-refractivity contribution in [2.75, 3.05) is 13.2 Å². The average Bonchev–Trinajstić information content (AvgIpc) is 3.28. The molecule has 0 rings (SSSR count). The summed E-state index contributed by atoms with van der Waals surface area (Å²) in [5.41, 5.74) is 0. The van der Waals surface area contributed by atoms with Crippen molar-refractivity contribution in [3.8, 4) is 0 Å². The lowest BCUT2D eigenvalue weighted by Gasteiger charge is -2.18. The van der Waals surface area contributed by atoms with E-state index in [1.165, 1.54) is 128 Å². The highest BCUT2D eigenvalue weighted by molar-refractivity contribution is 5.03. The first-order chi connectivity index (χ1) is 31.0. The Morgan fingerprint density at radius 3 is 1.03 bits per heavy atom. The average molecular weight is 879 g/mol.